The first-order valence-electron chi connectivity index (χ1n) is 6.06. The van der Waals surface area contributed by atoms with Gasteiger partial charge in [-0.25, -0.2) is 12.8 Å². The van der Waals surface area contributed by atoms with E-state index in [2.05, 4.69) is 5.32 Å². The number of halogens is 1. The first kappa shape index (κ1) is 13.5. The van der Waals surface area contributed by atoms with E-state index in [1.165, 1.54) is 12.1 Å². The predicted octanol–water partition coefficient (Wildman–Crippen LogP) is 1.83. The maximum Gasteiger partial charge on any atom is 0.150 e. The number of sulfone groups is 1. The standard InChI is InChI=1S/C13H18FNO2S/c1-9-5-11(7-12(14)6-9)13(15-2)10-3-4-18(16,17)8-10/h5-7,10,13,15H,3-4,8H2,1-2H3. The van der Waals surface area contributed by atoms with Gasteiger partial charge in [-0.3, -0.25) is 0 Å². The second-order valence-corrected chi connectivity index (χ2v) is 7.22. The molecule has 1 saturated heterocycles. The van der Waals surface area contributed by atoms with Crippen LogP contribution >= 0.6 is 0 Å². The number of rotatable bonds is 3. The maximum absolute atomic E-state index is 13.4. The van der Waals surface area contributed by atoms with E-state index >= 15 is 0 Å². The number of hydrogen-bond donors (Lipinski definition) is 1. The van der Waals surface area contributed by atoms with Crippen LogP contribution in [0.2, 0.25) is 0 Å². The second-order valence-electron chi connectivity index (χ2n) is 4.99. The summed E-state index contributed by atoms with van der Waals surface area (Å²) in [4.78, 5) is 0. The Balaban J connectivity index is 2.28. The number of nitrogens with one attached hydrogen (secondary N) is 1. The lowest BCUT2D eigenvalue weighted by atomic mass is 9.92. The van der Waals surface area contributed by atoms with E-state index in [1.54, 1.807) is 7.05 Å². The average molecular weight is 271 g/mol. The van der Waals surface area contributed by atoms with Crippen molar-refractivity contribution in [2.24, 2.45) is 5.92 Å². The Morgan fingerprint density at radius 3 is 2.61 bits per heavy atom. The van der Waals surface area contributed by atoms with Gasteiger partial charge >= 0.3 is 0 Å². The van der Waals surface area contributed by atoms with Crippen LogP contribution in [-0.2, 0) is 9.84 Å². The largest absolute Gasteiger partial charge is 0.313 e. The Morgan fingerprint density at radius 1 is 1.39 bits per heavy atom. The third kappa shape index (κ3) is 2.90. The van der Waals surface area contributed by atoms with E-state index in [0.29, 0.717) is 6.42 Å². The van der Waals surface area contributed by atoms with Gasteiger partial charge in [0.1, 0.15) is 5.82 Å². The van der Waals surface area contributed by atoms with Gasteiger partial charge in [0.2, 0.25) is 0 Å². The lowest BCUT2D eigenvalue weighted by molar-refractivity contribution is 0.417. The Labute approximate surface area is 107 Å². The average Bonchev–Trinajstić information content (AvgIpc) is 2.58. The van der Waals surface area contributed by atoms with E-state index < -0.39 is 9.84 Å². The normalized spacial score (nSPS) is 24.1. The van der Waals surface area contributed by atoms with E-state index in [-0.39, 0.29) is 29.3 Å². The summed E-state index contributed by atoms with van der Waals surface area (Å²) in [5, 5.41) is 3.12. The van der Waals surface area contributed by atoms with Crippen molar-refractivity contribution in [3.63, 3.8) is 0 Å². The van der Waals surface area contributed by atoms with Gasteiger partial charge in [-0.2, -0.15) is 0 Å². The van der Waals surface area contributed by atoms with Crippen LogP contribution in [-0.4, -0.2) is 27.0 Å². The minimum absolute atomic E-state index is 0.0289. The van der Waals surface area contributed by atoms with Crippen LogP contribution in [0.15, 0.2) is 18.2 Å². The highest BCUT2D eigenvalue weighted by molar-refractivity contribution is 7.91. The summed E-state index contributed by atoms with van der Waals surface area (Å²) in [6.07, 6.45) is 0.642. The molecule has 0 radical (unpaired) electrons. The topological polar surface area (TPSA) is 46.2 Å². The third-order valence-corrected chi connectivity index (χ3v) is 5.27. The molecule has 2 rings (SSSR count). The maximum atomic E-state index is 13.4. The first-order valence-corrected chi connectivity index (χ1v) is 7.88. The molecular formula is C13H18FNO2S. The van der Waals surface area contributed by atoms with Crippen molar-refractivity contribution in [2.75, 3.05) is 18.6 Å². The van der Waals surface area contributed by atoms with E-state index in [9.17, 15) is 12.8 Å². The minimum Gasteiger partial charge on any atom is -0.313 e. The van der Waals surface area contributed by atoms with Gasteiger partial charge in [0.15, 0.2) is 9.84 Å². The highest BCUT2D eigenvalue weighted by Gasteiger charge is 2.33. The summed E-state index contributed by atoms with van der Waals surface area (Å²) >= 11 is 0. The molecule has 3 nitrogen and oxygen atoms in total. The Bertz CT molecular complexity index is 522. The monoisotopic (exact) mass is 271 g/mol. The molecule has 0 bridgehead atoms. The Hall–Kier alpha value is -0.940. The molecule has 0 spiro atoms. The van der Waals surface area contributed by atoms with Crippen LogP contribution in [0, 0.1) is 18.7 Å². The SMILES string of the molecule is CNC(c1cc(C)cc(F)c1)C1CCS(=O)(=O)C1. The molecular weight excluding hydrogens is 253 g/mol. The zero-order valence-electron chi connectivity index (χ0n) is 10.6. The summed E-state index contributed by atoms with van der Waals surface area (Å²) in [5.74, 6) is 0.186. The summed E-state index contributed by atoms with van der Waals surface area (Å²) in [7, 11) is -1.13. The quantitative estimate of drug-likeness (QED) is 0.912. The van der Waals surface area contributed by atoms with Gasteiger partial charge in [0.05, 0.1) is 11.5 Å². The fourth-order valence-electron chi connectivity index (χ4n) is 2.71. The van der Waals surface area contributed by atoms with Crippen LogP contribution in [0.25, 0.3) is 0 Å². The number of aryl methyl sites for hydroxylation is 1. The van der Waals surface area contributed by atoms with Crippen molar-refractivity contribution in [1.82, 2.24) is 5.32 Å². The fourth-order valence-corrected chi connectivity index (χ4v) is 4.55. The number of hydrogen-bond acceptors (Lipinski definition) is 3. The summed E-state index contributed by atoms with van der Waals surface area (Å²) in [6.45, 7) is 1.84. The highest BCUT2D eigenvalue weighted by atomic mass is 32.2. The molecule has 0 amide bonds. The molecule has 1 aromatic rings. The first-order chi connectivity index (χ1) is 8.41. The van der Waals surface area contributed by atoms with E-state index in [1.807, 2.05) is 13.0 Å². The van der Waals surface area contributed by atoms with Crippen molar-refractivity contribution in [2.45, 2.75) is 19.4 Å². The van der Waals surface area contributed by atoms with Crippen molar-refractivity contribution in [1.29, 1.82) is 0 Å². The van der Waals surface area contributed by atoms with E-state index in [4.69, 9.17) is 0 Å². The molecule has 1 heterocycles. The van der Waals surface area contributed by atoms with Crippen molar-refractivity contribution in [3.05, 3.63) is 35.1 Å². The minimum atomic E-state index is -2.91. The number of benzene rings is 1. The Kier molecular flexibility index (Phi) is 3.73. The summed E-state index contributed by atoms with van der Waals surface area (Å²) in [5.41, 5.74) is 1.68. The predicted molar refractivity (Wildman–Crippen MR) is 69.7 cm³/mol. The third-order valence-electron chi connectivity index (χ3n) is 3.47. The van der Waals surface area contributed by atoms with Crippen LogP contribution in [0.5, 0.6) is 0 Å². The molecule has 0 saturated carbocycles. The Morgan fingerprint density at radius 2 is 2.11 bits per heavy atom. The van der Waals surface area contributed by atoms with E-state index in [0.717, 1.165) is 11.1 Å². The van der Waals surface area contributed by atoms with Crippen molar-refractivity contribution < 1.29 is 12.8 Å². The van der Waals surface area contributed by atoms with Crippen molar-refractivity contribution in [3.8, 4) is 0 Å². The molecule has 1 fully saturated rings. The molecule has 5 heteroatoms. The lowest BCUT2D eigenvalue weighted by Gasteiger charge is -2.23. The molecule has 2 unspecified atom stereocenters. The fraction of sp³-hybridized carbons (Fsp3) is 0.538. The summed E-state index contributed by atoms with van der Waals surface area (Å²) in [6, 6.07) is 4.77. The van der Waals surface area contributed by atoms with Gasteiger partial charge in [0.25, 0.3) is 0 Å². The van der Waals surface area contributed by atoms with Crippen LogP contribution in [0.1, 0.15) is 23.6 Å². The molecule has 0 aromatic heterocycles. The smallest absolute Gasteiger partial charge is 0.150 e. The molecule has 0 aliphatic carbocycles. The molecule has 18 heavy (non-hydrogen) atoms. The van der Waals surface area contributed by atoms with Gasteiger partial charge in [-0.1, -0.05) is 6.07 Å². The molecule has 1 N–H and O–H groups in total. The lowest BCUT2D eigenvalue weighted by Crippen LogP contribution is -2.26. The van der Waals surface area contributed by atoms with Gasteiger partial charge in [-0.05, 0) is 49.6 Å². The second kappa shape index (κ2) is 4.97. The van der Waals surface area contributed by atoms with Crippen molar-refractivity contribution >= 4 is 9.84 Å². The van der Waals surface area contributed by atoms with Crippen LogP contribution in [0.4, 0.5) is 4.39 Å². The van der Waals surface area contributed by atoms with Crippen LogP contribution in [0.3, 0.4) is 0 Å². The van der Waals surface area contributed by atoms with Gasteiger partial charge in [0, 0.05) is 6.04 Å². The molecule has 1 aliphatic heterocycles. The van der Waals surface area contributed by atoms with Gasteiger partial charge in [-0.15, -0.1) is 0 Å². The molecule has 1 aromatic carbocycles. The highest BCUT2D eigenvalue weighted by Crippen LogP contribution is 2.31. The molecule has 100 valence electrons. The van der Waals surface area contributed by atoms with Crippen LogP contribution < -0.4 is 5.32 Å². The zero-order chi connectivity index (χ0) is 13.3. The zero-order valence-corrected chi connectivity index (χ0v) is 11.4. The molecule has 2 atom stereocenters. The molecule has 1 aliphatic rings. The summed E-state index contributed by atoms with van der Waals surface area (Å²) < 4.78 is 36.5. The van der Waals surface area contributed by atoms with Gasteiger partial charge < -0.3 is 5.32 Å².